The van der Waals surface area contributed by atoms with Crippen LogP contribution in [0.3, 0.4) is 0 Å². The van der Waals surface area contributed by atoms with Gasteiger partial charge in [-0.2, -0.15) is 0 Å². The third-order valence-electron chi connectivity index (χ3n) is 1.64. The number of nitrogens with zero attached hydrogens (tertiary/aromatic N) is 1. The first-order valence-electron chi connectivity index (χ1n) is 4.42. The zero-order valence-electron chi connectivity index (χ0n) is 8.44. The Balaban J connectivity index is 2.76. The molecule has 5 nitrogen and oxygen atoms in total. The minimum atomic E-state index is -1.16. The highest BCUT2D eigenvalue weighted by molar-refractivity contribution is 6.10. The van der Waals surface area contributed by atoms with Crippen molar-refractivity contribution in [2.75, 3.05) is 6.54 Å². The molecule has 1 aliphatic heterocycles. The van der Waals surface area contributed by atoms with Gasteiger partial charge in [0, 0.05) is 26.6 Å². The van der Waals surface area contributed by atoms with E-state index in [1.54, 1.807) is 6.92 Å². The van der Waals surface area contributed by atoms with Crippen LogP contribution in [0.1, 0.15) is 20.8 Å². The molecular formula is C9H13NO4. The first kappa shape index (κ1) is 10.7. The van der Waals surface area contributed by atoms with Crippen LogP contribution in [-0.4, -0.2) is 30.5 Å². The average molecular weight is 199 g/mol. The fraction of sp³-hybridized carbons (Fsp3) is 0.667. The van der Waals surface area contributed by atoms with Crippen molar-refractivity contribution in [2.45, 2.75) is 26.6 Å². The van der Waals surface area contributed by atoms with Gasteiger partial charge in [-0.25, -0.2) is 0 Å². The Kier molecular flexibility index (Phi) is 2.88. The molecule has 0 amide bonds. The monoisotopic (exact) mass is 199 g/mol. The van der Waals surface area contributed by atoms with Gasteiger partial charge in [-0.1, -0.05) is 0 Å². The van der Waals surface area contributed by atoms with E-state index in [2.05, 4.69) is 4.99 Å². The van der Waals surface area contributed by atoms with Crippen LogP contribution in [0.5, 0.6) is 0 Å². The Morgan fingerprint density at radius 2 is 1.86 bits per heavy atom. The number of hydrogen-bond donors (Lipinski definition) is 0. The molecule has 0 aromatic carbocycles. The molecule has 0 N–H and O–H groups in total. The summed E-state index contributed by atoms with van der Waals surface area (Å²) in [6, 6.07) is 0. The molecule has 5 heteroatoms. The minimum absolute atomic E-state index is 0.514. The summed E-state index contributed by atoms with van der Waals surface area (Å²) < 4.78 is 9.76. The van der Waals surface area contributed by atoms with Crippen LogP contribution in [0.4, 0.5) is 0 Å². The fourth-order valence-corrected chi connectivity index (χ4v) is 1.06. The highest BCUT2D eigenvalue weighted by Gasteiger charge is 2.42. The number of aliphatic imine (C=N–C) groups is 1. The second-order valence-corrected chi connectivity index (χ2v) is 3.37. The largest absolute Gasteiger partial charge is 0.422 e. The van der Waals surface area contributed by atoms with Crippen molar-refractivity contribution in [2.24, 2.45) is 10.9 Å². The number of esters is 2. The van der Waals surface area contributed by atoms with E-state index in [9.17, 15) is 9.59 Å². The van der Waals surface area contributed by atoms with E-state index in [-0.39, 0.29) is 0 Å². The zero-order valence-corrected chi connectivity index (χ0v) is 8.44. The lowest BCUT2D eigenvalue weighted by atomic mass is 10.1. The predicted molar refractivity (Wildman–Crippen MR) is 48.8 cm³/mol. The van der Waals surface area contributed by atoms with Crippen LogP contribution in [0.2, 0.25) is 0 Å². The number of hydrogen-bond acceptors (Lipinski definition) is 5. The summed E-state index contributed by atoms with van der Waals surface area (Å²) in [4.78, 5) is 26.4. The van der Waals surface area contributed by atoms with E-state index < -0.39 is 23.6 Å². The summed E-state index contributed by atoms with van der Waals surface area (Å²) in [5, 5.41) is 0. The Hall–Kier alpha value is -1.39. The van der Waals surface area contributed by atoms with Crippen LogP contribution >= 0.6 is 0 Å². The maximum absolute atomic E-state index is 11.3. The van der Waals surface area contributed by atoms with Crippen molar-refractivity contribution in [1.29, 1.82) is 0 Å². The topological polar surface area (TPSA) is 65.0 Å². The quantitative estimate of drug-likeness (QED) is 0.369. The number of carbonyl (C=O) groups excluding carboxylic acids is 2. The first-order chi connectivity index (χ1) is 6.46. The van der Waals surface area contributed by atoms with Crippen molar-refractivity contribution in [3.63, 3.8) is 0 Å². The van der Waals surface area contributed by atoms with E-state index in [4.69, 9.17) is 9.47 Å². The standard InChI is InChI=1S/C9H13NO4/c1-4-10-5-6-7(11)13-9(2,3)14-8(6)12/h5-6H,4H2,1-3H3. The lowest BCUT2D eigenvalue weighted by Crippen LogP contribution is -2.46. The Morgan fingerprint density at radius 3 is 2.29 bits per heavy atom. The summed E-state index contributed by atoms with van der Waals surface area (Å²) in [6.45, 7) is 5.34. The third kappa shape index (κ3) is 2.31. The van der Waals surface area contributed by atoms with Crippen molar-refractivity contribution in [3.8, 4) is 0 Å². The molecule has 0 aromatic heterocycles. The van der Waals surface area contributed by atoms with Crippen LogP contribution in [0, 0.1) is 5.92 Å². The van der Waals surface area contributed by atoms with Gasteiger partial charge in [0.1, 0.15) is 0 Å². The van der Waals surface area contributed by atoms with Gasteiger partial charge in [-0.05, 0) is 6.92 Å². The zero-order chi connectivity index (χ0) is 10.8. The molecule has 0 saturated carbocycles. The molecule has 0 spiro atoms. The van der Waals surface area contributed by atoms with Gasteiger partial charge in [0.05, 0.1) is 0 Å². The third-order valence-corrected chi connectivity index (χ3v) is 1.64. The van der Waals surface area contributed by atoms with Crippen molar-refractivity contribution in [1.82, 2.24) is 0 Å². The number of ether oxygens (including phenoxy) is 2. The van der Waals surface area contributed by atoms with Crippen LogP contribution in [-0.2, 0) is 19.1 Å². The van der Waals surface area contributed by atoms with E-state index >= 15 is 0 Å². The van der Waals surface area contributed by atoms with E-state index in [1.165, 1.54) is 20.1 Å². The summed E-state index contributed by atoms with van der Waals surface area (Å²) in [5.74, 6) is -3.39. The molecule has 0 aromatic rings. The second-order valence-electron chi connectivity index (χ2n) is 3.37. The molecule has 1 fully saturated rings. The number of cyclic esters (lactones) is 2. The van der Waals surface area contributed by atoms with Crippen LogP contribution in [0.25, 0.3) is 0 Å². The van der Waals surface area contributed by atoms with Gasteiger partial charge < -0.3 is 9.47 Å². The van der Waals surface area contributed by atoms with Crippen molar-refractivity contribution in [3.05, 3.63) is 0 Å². The summed E-state index contributed by atoms with van der Waals surface area (Å²) in [7, 11) is 0. The maximum Gasteiger partial charge on any atom is 0.329 e. The van der Waals surface area contributed by atoms with E-state index in [0.29, 0.717) is 6.54 Å². The van der Waals surface area contributed by atoms with E-state index in [0.717, 1.165) is 0 Å². The van der Waals surface area contributed by atoms with Gasteiger partial charge >= 0.3 is 11.9 Å². The molecule has 0 bridgehead atoms. The predicted octanol–water partition coefficient (Wildman–Crippen LogP) is 0.529. The Labute approximate surface area is 82.1 Å². The Bertz CT molecular complexity index is 263. The molecule has 1 saturated heterocycles. The molecule has 0 atom stereocenters. The van der Waals surface area contributed by atoms with Crippen molar-refractivity contribution < 1.29 is 19.1 Å². The molecule has 1 rings (SSSR count). The van der Waals surface area contributed by atoms with Crippen LogP contribution in [0.15, 0.2) is 4.99 Å². The molecular weight excluding hydrogens is 186 g/mol. The molecule has 0 unspecified atom stereocenters. The highest BCUT2D eigenvalue weighted by atomic mass is 16.7. The molecule has 0 aliphatic carbocycles. The average Bonchev–Trinajstić information content (AvgIpc) is 2.00. The number of carbonyl (C=O) groups is 2. The van der Waals surface area contributed by atoms with Gasteiger partial charge in [0.2, 0.25) is 0 Å². The maximum atomic E-state index is 11.3. The number of rotatable bonds is 2. The van der Waals surface area contributed by atoms with Crippen LogP contribution < -0.4 is 0 Å². The first-order valence-corrected chi connectivity index (χ1v) is 4.42. The lowest BCUT2D eigenvalue weighted by Gasteiger charge is -2.31. The van der Waals surface area contributed by atoms with Crippen molar-refractivity contribution >= 4 is 18.2 Å². The second kappa shape index (κ2) is 3.77. The van der Waals surface area contributed by atoms with Gasteiger partial charge in [0.15, 0.2) is 5.92 Å². The minimum Gasteiger partial charge on any atom is -0.422 e. The summed E-state index contributed by atoms with van der Waals surface area (Å²) >= 11 is 0. The smallest absolute Gasteiger partial charge is 0.329 e. The highest BCUT2D eigenvalue weighted by Crippen LogP contribution is 2.21. The fourth-order valence-electron chi connectivity index (χ4n) is 1.06. The lowest BCUT2D eigenvalue weighted by molar-refractivity contribution is -0.235. The summed E-state index contributed by atoms with van der Waals surface area (Å²) in [6.07, 6.45) is 1.26. The molecule has 14 heavy (non-hydrogen) atoms. The van der Waals surface area contributed by atoms with Gasteiger partial charge in [-0.3, -0.25) is 14.6 Å². The normalized spacial score (nSPS) is 22.2. The molecule has 1 aliphatic rings. The van der Waals surface area contributed by atoms with Gasteiger partial charge in [-0.15, -0.1) is 0 Å². The van der Waals surface area contributed by atoms with Gasteiger partial charge in [0.25, 0.3) is 5.79 Å². The molecule has 0 radical (unpaired) electrons. The van der Waals surface area contributed by atoms with E-state index in [1.807, 2.05) is 0 Å². The Morgan fingerprint density at radius 1 is 1.36 bits per heavy atom. The summed E-state index contributed by atoms with van der Waals surface area (Å²) in [5.41, 5.74) is 0. The SMILES string of the molecule is CCN=CC1C(=O)OC(C)(C)OC1=O. The molecule has 1 heterocycles. The molecule has 78 valence electrons.